The van der Waals surface area contributed by atoms with Crippen LogP contribution in [0.1, 0.15) is 109 Å². The molecule has 0 spiro atoms. The molecule has 0 bridgehead atoms. The third kappa shape index (κ3) is 9.93. The summed E-state index contributed by atoms with van der Waals surface area (Å²) in [6.45, 7) is 18.2. The van der Waals surface area contributed by atoms with Crippen molar-refractivity contribution in [3.05, 3.63) is 95.1 Å². The van der Waals surface area contributed by atoms with Crippen LogP contribution in [0.5, 0.6) is 11.5 Å². The van der Waals surface area contributed by atoms with E-state index in [0.29, 0.717) is 11.7 Å². The van der Waals surface area contributed by atoms with E-state index in [1.54, 1.807) is 12.1 Å². The summed E-state index contributed by atoms with van der Waals surface area (Å²) in [7, 11) is 0. The summed E-state index contributed by atoms with van der Waals surface area (Å²) >= 11 is 0. The molecule has 1 heterocycles. The van der Waals surface area contributed by atoms with E-state index in [-0.39, 0.29) is 35.8 Å². The number of aromatic hydroxyl groups is 1. The van der Waals surface area contributed by atoms with E-state index in [1.165, 1.54) is 16.7 Å². The number of carbonyl (C=O) groups excluding carboxylic acids is 2. The molecule has 1 N–H and O–H groups in total. The minimum Gasteiger partial charge on any atom is -0.508 e. The highest BCUT2D eigenvalue weighted by atomic mass is 16.7. The molecule has 0 amide bonds. The molecule has 6 heteroatoms. The van der Waals surface area contributed by atoms with Crippen LogP contribution >= 0.6 is 0 Å². The molecule has 2 aliphatic rings. The van der Waals surface area contributed by atoms with E-state index in [9.17, 15) is 9.59 Å². The zero-order chi connectivity index (χ0) is 34.0. The first-order valence-electron chi connectivity index (χ1n) is 16.8. The van der Waals surface area contributed by atoms with Crippen LogP contribution in [-0.2, 0) is 31.9 Å². The van der Waals surface area contributed by atoms with Gasteiger partial charge in [0.2, 0.25) is 6.29 Å². The van der Waals surface area contributed by atoms with Gasteiger partial charge in [0.25, 0.3) is 0 Å². The minimum atomic E-state index is -0.474. The molecule has 0 saturated heterocycles. The minimum absolute atomic E-state index is 0.0325. The predicted molar refractivity (Wildman–Crippen MR) is 184 cm³/mol. The van der Waals surface area contributed by atoms with Crippen molar-refractivity contribution < 1.29 is 28.9 Å². The van der Waals surface area contributed by atoms with Crippen LogP contribution in [-0.4, -0.2) is 29.4 Å². The topological polar surface area (TPSA) is 82.1 Å². The van der Waals surface area contributed by atoms with Crippen LogP contribution in [0.3, 0.4) is 0 Å². The molecule has 1 aliphatic carbocycles. The number of hydrogen-bond donors (Lipinski definition) is 1. The zero-order valence-electron chi connectivity index (χ0n) is 29.2. The molecule has 46 heavy (non-hydrogen) atoms. The first-order valence-corrected chi connectivity index (χ1v) is 16.8. The van der Waals surface area contributed by atoms with Gasteiger partial charge in [0, 0.05) is 5.92 Å². The Morgan fingerprint density at radius 1 is 0.891 bits per heavy atom. The first-order chi connectivity index (χ1) is 21.8. The maximum Gasteiger partial charge on any atom is 0.314 e. The normalized spacial score (nSPS) is 18.5. The van der Waals surface area contributed by atoms with Crippen LogP contribution in [0.25, 0.3) is 0 Å². The Hall–Kier alpha value is -3.64. The smallest absolute Gasteiger partial charge is 0.314 e. The standard InChI is InChI=1S/C19H28O3.C11H12O2.C10H14O/c1-6-19(4,5)18(20)22-17(13(2)3)21-16-11-14-9-7-8-10-15(14)12-16;1-7-8(2)11(12)13-10-6-4-3-5-9(7)10;1-3-8(2)9-4-6-10(11)7-5-9/h7-10,13,16-17H,6,11-12H2,1-5H3;3-8H,1-2H3;4-8,11H,3H2,1-2H3. The summed E-state index contributed by atoms with van der Waals surface area (Å²) in [4.78, 5) is 23.6. The number of benzene rings is 3. The van der Waals surface area contributed by atoms with Crippen molar-refractivity contribution in [2.45, 2.75) is 112 Å². The second-order valence-corrected chi connectivity index (χ2v) is 13.6. The Kier molecular flexibility index (Phi) is 13.4. The van der Waals surface area contributed by atoms with Crippen molar-refractivity contribution in [2.24, 2.45) is 17.3 Å². The van der Waals surface area contributed by atoms with E-state index < -0.39 is 11.7 Å². The Balaban J connectivity index is 0.000000204. The molecule has 0 saturated carbocycles. The number of ether oxygens (including phenoxy) is 3. The number of phenols is 1. The van der Waals surface area contributed by atoms with Gasteiger partial charge in [-0.1, -0.05) is 103 Å². The number of fused-ring (bicyclic) bond motifs is 2. The van der Waals surface area contributed by atoms with Crippen LogP contribution in [0.15, 0.2) is 72.8 Å². The second kappa shape index (κ2) is 16.8. The number of esters is 2. The number of hydrogen-bond acceptors (Lipinski definition) is 6. The van der Waals surface area contributed by atoms with Gasteiger partial charge in [0.15, 0.2) is 0 Å². The number of para-hydroxylation sites is 1. The fraction of sp³-hybridized carbons (Fsp3) is 0.500. The van der Waals surface area contributed by atoms with Gasteiger partial charge in [-0.3, -0.25) is 9.59 Å². The van der Waals surface area contributed by atoms with Gasteiger partial charge in [0.05, 0.1) is 17.4 Å². The van der Waals surface area contributed by atoms with Crippen LogP contribution in [0, 0.1) is 17.3 Å². The van der Waals surface area contributed by atoms with Crippen LogP contribution in [0.4, 0.5) is 0 Å². The molecule has 0 radical (unpaired) electrons. The quantitative estimate of drug-likeness (QED) is 0.152. The lowest BCUT2D eigenvalue weighted by Crippen LogP contribution is -2.36. The van der Waals surface area contributed by atoms with Crippen molar-refractivity contribution in [3.63, 3.8) is 0 Å². The highest BCUT2D eigenvalue weighted by Gasteiger charge is 2.33. The summed E-state index contributed by atoms with van der Waals surface area (Å²) in [5, 5.41) is 9.01. The molecular formula is C40H54O6. The van der Waals surface area contributed by atoms with Gasteiger partial charge in [-0.15, -0.1) is 0 Å². The summed E-state index contributed by atoms with van der Waals surface area (Å²) in [5.74, 6) is 1.73. The fourth-order valence-electron chi connectivity index (χ4n) is 5.20. The highest BCUT2D eigenvalue weighted by Crippen LogP contribution is 2.36. The van der Waals surface area contributed by atoms with Gasteiger partial charge in [-0.2, -0.15) is 0 Å². The highest BCUT2D eigenvalue weighted by molar-refractivity contribution is 5.78. The van der Waals surface area contributed by atoms with E-state index in [2.05, 4.69) is 45.0 Å². The van der Waals surface area contributed by atoms with Crippen LogP contribution < -0.4 is 4.74 Å². The fourth-order valence-corrected chi connectivity index (χ4v) is 5.20. The maximum absolute atomic E-state index is 12.3. The molecule has 4 unspecified atom stereocenters. The van der Waals surface area contributed by atoms with Gasteiger partial charge < -0.3 is 19.3 Å². The third-order valence-electron chi connectivity index (χ3n) is 9.36. The molecule has 6 nitrogen and oxygen atoms in total. The van der Waals surface area contributed by atoms with Crippen molar-refractivity contribution in [3.8, 4) is 11.5 Å². The van der Waals surface area contributed by atoms with E-state index in [4.69, 9.17) is 19.3 Å². The lowest BCUT2D eigenvalue weighted by Gasteiger charge is -2.29. The molecule has 0 fully saturated rings. The Morgan fingerprint density at radius 2 is 1.46 bits per heavy atom. The molecule has 0 aromatic heterocycles. The number of carbonyl (C=O) groups is 2. The summed E-state index contributed by atoms with van der Waals surface area (Å²) in [6.07, 6.45) is 3.32. The largest absolute Gasteiger partial charge is 0.508 e. The van der Waals surface area contributed by atoms with Gasteiger partial charge in [-0.05, 0) is 91.8 Å². The molecular weight excluding hydrogens is 576 g/mol. The number of phenolic OH excluding ortho intramolecular Hbond substituents is 1. The van der Waals surface area contributed by atoms with E-state index in [0.717, 1.165) is 37.0 Å². The van der Waals surface area contributed by atoms with Crippen molar-refractivity contribution in [1.29, 1.82) is 0 Å². The molecule has 3 aromatic rings. The summed E-state index contributed by atoms with van der Waals surface area (Å²) < 4.78 is 17.0. The summed E-state index contributed by atoms with van der Waals surface area (Å²) in [5.41, 5.74) is 4.65. The Bertz CT molecular complexity index is 1380. The van der Waals surface area contributed by atoms with Crippen molar-refractivity contribution in [1.82, 2.24) is 0 Å². The van der Waals surface area contributed by atoms with E-state index >= 15 is 0 Å². The second-order valence-electron chi connectivity index (χ2n) is 13.6. The molecule has 3 aromatic carbocycles. The van der Waals surface area contributed by atoms with Gasteiger partial charge in [-0.25, -0.2) is 0 Å². The molecule has 4 atom stereocenters. The Labute approximate surface area is 276 Å². The monoisotopic (exact) mass is 630 g/mol. The molecule has 5 rings (SSSR count). The average molecular weight is 631 g/mol. The Morgan fingerprint density at radius 3 is 2.00 bits per heavy atom. The van der Waals surface area contributed by atoms with E-state index in [1.807, 2.05) is 77.9 Å². The lowest BCUT2D eigenvalue weighted by molar-refractivity contribution is -0.208. The maximum atomic E-state index is 12.3. The van der Waals surface area contributed by atoms with Gasteiger partial charge in [0.1, 0.15) is 11.5 Å². The zero-order valence-corrected chi connectivity index (χ0v) is 29.2. The number of rotatable bonds is 8. The van der Waals surface area contributed by atoms with Crippen molar-refractivity contribution in [2.75, 3.05) is 0 Å². The van der Waals surface area contributed by atoms with Gasteiger partial charge >= 0.3 is 11.9 Å². The van der Waals surface area contributed by atoms with Crippen molar-refractivity contribution >= 4 is 11.9 Å². The average Bonchev–Trinajstić information content (AvgIpc) is 3.46. The lowest BCUT2D eigenvalue weighted by atomic mass is 9.86. The molecule has 1 aliphatic heterocycles. The predicted octanol–water partition coefficient (Wildman–Crippen LogP) is 9.38. The third-order valence-corrected chi connectivity index (χ3v) is 9.36. The summed E-state index contributed by atoms with van der Waals surface area (Å²) in [6, 6.07) is 23.6. The molecule has 250 valence electrons. The first kappa shape index (κ1) is 36.8. The van der Waals surface area contributed by atoms with Crippen LogP contribution in [0.2, 0.25) is 0 Å². The SMILES string of the molecule is CC1C(=O)Oc2ccccc2C1C.CCC(C)(C)C(=O)OC(OC1Cc2ccccc2C1)C(C)C.CCC(C)c1ccc(O)cc1.